The number of esters is 2. The van der Waals surface area contributed by atoms with Crippen LogP contribution in [-0.2, 0) is 33.3 Å². The fourth-order valence-corrected chi connectivity index (χ4v) is 7.36. The highest BCUT2D eigenvalue weighted by Crippen LogP contribution is 2.29. The van der Waals surface area contributed by atoms with Crippen LogP contribution in [0.25, 0.3) is 0 Å². The molecule has 58 heavy (non-hydrogen) atoms. The molecule has 0 bridgehead atoms. The molecule has 0 aliphatic carbocycles. The highest BCUT2D eigenvalue weighted by Gasteiger charge is 2.50. The van der Waals surface area contributed by atoms with Crippen LogP contribution in [0.5, 0.6) is 0 Å². The fraction of sp³-hybridized carbons (Fsp3) is 0.911. The molecule has 6 N–H and O–H groups in total. The SMILES string of the molecule is CCCCCCCCC/C=C\CCCCCCC(=O)OCC1O[C@H](O[C@H]2OC(COC(=O)CCCCCCCCCCCC(C)C)[C@@H](O)C(O)C2O)C(O)C(O)[C@@H]1O. The maximum Gasteiger partial charge on any atom is 0.305 e. The van der Waals surface area contributed by atoms with Crippen molar-refractivity contribution in [2.45, 2.75) is 243 Å². The molecule has 10 atom stereocenters. The number of rotatable bonds is 33. The van der Waals surface area contributed by atoms with Crippen molar-refractivity contribution in [1.82, 2.24) is 0 Å². The Morgan fingerprint density at radius 1 is 0.500 bits per heavy atom. The van der Waals surface area contributed by atoms with Gasteiger partial charge in [0.25, 0.3) is 0 Å². The first-order chi connectivity index (χ1) is 28.0. The van der Waals surface area contributed by atoms with Gasteiger partial charge in [0.15, 0.2) is 12.6 Å². The summed E-state index contributed by atoms with van der Waals surface area (Å²) in [6.45, 7) is 5.89. The Balaban J connectivity index is 1.66. The van der Waals surface area contributed by atoms with Gasteiger partial charge in [-0.25, -0.2) is 0 Å². The Morgan fingerprint density at radius 2 is 0.862 bits per heavy atom. The molecule has 6 unspecified atom stereocenters. The molecule has 2 saturated heterocycles. The van der Waals surface area contributed by atoms with Gasteiger partial charge in [-0.1, -0.05) is 142 Å². The minimum Gasteiger partial charge on any atom is -0.463 e. The van der Waals surface area contributed by atoms with Gasteiger partial charge in [-0.3, -0.25) is 9.59 Å². The Bertz CT molecular complexity index is 1070. The first-order valence-corrected chi connectivity index (χ1v) is 23.0. The average molecular weight is 831 g/mol. The summed E-state index contributed by atoms with van der Waals surface area (Å²) in [5, 5.41) is 63.3. The second-order valence-electron chi connectivity index (χ2n) is 17.0. The molecule has 2 heterocycles. The van der Waals surface area contributed by atoms with Crippen LogP contribution in [0.3, 0.4) is 0 Å². The number of hydrogen-bond donors (Lipinski definition) is 6. The molecule has 2 fully saturated rings. The summed E-state index contributed by atoms with van der Waals surface area (Å²) < 4.78 is 27.5. The highest BCUT2D eigenvalue weighted by atomic mass is 16.8. The van der Waals surface area contributed by atoms with Gasteiger partial charge in [-0.2, -0.15) is 0 Å². The summed E-state index contributed by atoms with van der Waals surface area (Å²) in [6.07, 6.45) is 14.7. The van der Waals surface area contributed by atoms with E-state index in [1.54, 1.807) is 0 Å². The second kappa shape index (κ2) is 32.1. The molecular formula is C45H82O13. The third-order valence-corrected chi connectivity index (χ3v) is 11.2. The van der Waals surface area contributed by atoms with Crippen molar-refractivity contribution in [3.8, 4) is 0 Å². The molecule has 2 aliphatic heterocycles. The van der Waals surface area contributed by atoms with Crippen molar-refractivity contribution in [2.75, 3.05) is 13.2 Å². The minimum absolute atomic E-state index is 0.176. The van der Waals surface area contributed by atoms with E-state index in [4.69, 9.17) is 23.7 Å². The van der Waals surface area contributed by atoms with Crippen molar-refractivity contribution in [1.29, 1.82) is 0 Å². The lowest BCUT2D eigenvalue weighted by Gasteiger charge is -2.44. The maximum absolute atomic E-state index is 12.4. The van der Waals surface area contributed by atoms with Gasteiger partial charge >= 0.3 is 11.9 Å². The van der Waals surface area contributed by atoms with Gasteiger partial charge in [0.1, 0.15) is 62.0 Å². The van der Waals surface area contributed by atoms with E-state index in [9.17, 15) is 40.2 Å². The Hall–Kier alpha value is -1.68. The number of unbranched alkanes of at least 4 members (excludes halogenated alkanes) is 19. The van der Waals surface area contributed by atoms with Crippen LogP contribution in [-0.4, -0.2) is 117 Å². The smallest absolute Gasteiger partial charge is 0.305 e. The zero-order chi connectivity index (χ0) is 42.5. The lowest BCUT2D eigenvalue weighted by Crippen LogP contribution is -2.64. The van der Waals surface area contributed by atoms with Crippen LogP contribution in [0.4, 0.5) is 0 Å². The van der Waals surface area contributed by atoms with Gasteiger partial charge in [-0.15, -0.1) is 0 Å². The van der Waals surface area contributed by atoms with E-state index < -0.39 is 86.6 Å². The van der Waals surface area contributed by atoms with Crippen molar-refractivity contribution < 1.29 is 63.9 Å². The van der Waals surface area contributed by atoms with Gasteiger partial charge in [0.05, 0.1) is 0 Å². The van der Waals surface area contributed by atoms with Crippen molar-refractivity contribution in [3.63, 3.8) is 0 Å². The molecule has 0 saturated carbocycles. The molecule has 2 aliphatic rings. The summed E-state index contributed by atoms with van der Waals surface area (Å²) in [6, 6.07) is 0. The molecule has 13 nitrogen and oxygen atoms in total. The zero-order valence-electron chi connectivity index (χ0n) is 36.1. The number of aliphatic hydroxyl groups excluding tert-OH is 6. The van der Waals surface area contributed by atoms with E-state index in [-0.39, 0.29) is 12.8 Å². The van der Waals surface area contributed by atoms with E-state index >= 15 is 0 Å². The van der Waals surface area contributed by atoms with E-state index in [2.05, 4.69) is 32.9 Å². The highest BCUT2D eigenvalue weighted by molar-refractivity contribution is 5.69. The molecule has 0 aromatic carbocycles. The Kier molecular flexibility index (Phi) is 29.0. The van der Waals surface area contributed by atoms with Crippen LogP contribution in [0.1, 0.15) is 181 Å². The lowest BCUT2D eigenvalue weighted by molar-refractivity contribution is -0.376. The Labute approximate surface area is 349 Å². The minimum atomic E-state index is -1.80. The molecule has 13 heteroatoms. The van der Waals surface area contributed by atoms with Crippen molar-refractivity contribution in [2.24, 2.45) is 5.92 Å². The lowest BCUT2D eigenvalue weighted by atomic mass is 9.98. The molecule has 340 valence electrons. The number of ether oxygens (including phenoxy) is 5. The van der Waals surface area contributed by atoms with E-state index in [0.29, 0.717) is 12.8 Å². The van der Waals surface area contributed by atoms with E-state index in [1.807, 2.05) is 0 Å². The predicted molar refractivity (Wildman–Crippen MR) is 221 cm³/mol. The summed E-state index contributed by atoms with van der Waals surface area (Å²) in [4.78, 5) is 24.8. The molecule has 0 aromatic rings. The quantitative estimate of drug-likeness (QED) is 0.0232. The monoisotopic (exact) mass is 831 g/mol. The number of aliphatic hydroxyl groups is 6. The van der Waals surface area contributed by atoms with Crippen LogP contribution in [0.15, 0.2) is 12.2 Å². The fourth-order valence-electron chi connectivity index (χ4n) is 7.36. The summed E-state index contributed by atoms with van der Waals surface area (Å²) in [5.41, 5.74) is 0. The molecule has 0 aromatic heterocycles. The summed E-state index contributed by atoms with van der Waals surface area (Å²) in [7, 11) is 0. The largest absolute Gasteiger partial charge is 0.463 e. The average Bonchev–Trinajstić information content (AvgIpc) is 3.20. The number of carbonyl (C=O) groups is 2. The van der Waals surface area contributed by atoms with Crippen LogP contribution >= 0.6 is 0 Å². The van der Waals surface area contributed by atoms with Crippen molar-refractivity contribution >= 4 is 11.9 Å². The molecule has 0 spiro atoms. The Morgan fingerprint density at radius 3 is 1.26 bits per heavy atom. The topological polar surface area (TPSA) is 202 Å². The number of hydrogen-bond acceptors (Lipinski definition) is 13. The molecule has 2 rings (SSSR count). The number of carbonyl (C=O) groups excluding carboxylic acids is 2. The van der Waals surface area contributed by atoms with E-state index in [1.165, 1.54) is 83.5 Å². The molecule has 0 radical (unpaired) electrons. The molecule has 0 amide bonds. The van der Waals surface area contributed by atoms with Crippen LogP contribution in [0, 0.1) is 5.92 Å². The predicted octanol–water partition coefficient (Wildman–Crippen LogP) is 6.69. The van der Waals surface area contributed by atoms with Gasteiger partial charge in [-0.05, 0) is 44.4 Å². The van der Waals surface area contributed by atoms with E-state index in [0.717, 1.165) is 57.3 Å². The van der Waals surface area contributed by atoms with Gasteiger partial charge in [0.2, 0.25) is 0 Å². The van der Waals surface area contributed by atoms with Crippen LogP contribution in [0.2, 0.25) is 0 Å². The first-order valence-electron chi connectivity index (χ1n) is 23.0. The number of allylic oxidation sites excluding steroid dienone is 2. The van der Waals surface area contributed by atoms with Gasteiger partial charge < -0.3 is 54.3 Å². The third-order valence-electron chi connectivity index (χ3n) is 11.2. The third kappa shape index (κ3) is 22.2. The second-order valence-corrected chi connectivity index (χ2v) is 17.0. The van der Waals surface area contributed by atoms with Crippen molar-refractivity contribution in [3.05, 3.63) is 12.2 Å². The first kappa shape index (κ1) is 52.5. The van der Waals surface area contributed by atoms with Crippen LogP contribution < -0.4 is 0 Å². The summed E-state index contributed by atoms with van der Waals surface area (Å²) >= 11 is 0. The van der Waals surface area contributed by atoms with Gasteiger partial charge in [0, 0.05) is 12.8 Å². The molecular weight excluding hydrogens is 748 g/mol. The maximum atomic E-state index is 12.4. The standard InChI is InChI=1S/C45H82O13/c1-4-5-6-7-8-9-10-11-12-13-14-17-20-23-26-29-36(46)54-31-34-38(48)40(50)42(52)44(56-34)58-45-43(53)41(51)39(49)35(57-45)32-55-37(47)30-27-24-21-18-15-16-19-22-25-28-33(2)3/h12-13,33-35,38-45,48-53H,4-11,14-32H2,1-3H3/b13-12-/t34?,35?,38-,39-,40?,41?,42?,43?,44-,45-/m1/s1. The normalized spacial score (nSPS) is 27.7. The summed E-state index contributed by atoms with van der Waals surface area (Å²) in [5.74, 6) is -0.225. The zero-order valence-corrected chi connectivity index (χ0v) is 36.1.